The zero-order chi connectivity index (χ0) is 15.2. The number of furan rings is 1. The molecule has 0 radical (unpaired) electrons. The van der Waals surface area contributed by atoms with Gasteiger partial charge in [0, 0.05) is 12.5 Å². The highest BCUT2D eigenvalue weighted by molar-refractivity contribution is 6.04. The van der Waals surface area contributed by atoms with Gasteiger partial charge in [-0.3, -0.25) is 9.69 Å². The van der Waals surface area contributed by atoms with Crippen LogP contribution in [0, 0.1) is 0 Å². The quantitative estimate of drug-likeness (QED) is 0.828. The SMILES string of the molecule is C=CC(=O)N(c1ccco1)C(Cc1ccccc1)C(=O)O. The molecule has 0 aliphatic rings. The van der Waals surface area contributed by atoms with Crippen molar-refractivity contribution in [1.29, 1.82) is 0 Å². The van der Waals surface area contributed by atoms with Gasteiger partial charge < -0.3 is 9.52 Å². The van der Waals surface area contributed by atoms with Gasteiger partial charge in [0.2, 0.25) is 5.88 Å². The molecule has 0 bridgehead atoms. The topological polar surface area (TPSA) is 70.8 Å². The molecule has 0 aliphatic carbocycles. The summed E-state index contributed by atoms with van der Waals surface area (Å²) in [7, 11) is 0. The van der Waals surface area contributed by atoms with E-state index in [0.717, 1.165) is 16.5 Å². The maximum absolute atomic E-state index is 12.0. The summed E-state index contributed by atoms with van der Waals surface area (Å²) in [4.78, 5) is 24.7. The molecular formula is C16H15NO4. The molecule has 5 nitrogen and oxygen atoms in total. The highest BCUT2D eigenvalue weighted by atomic mass is 16.4. The zero-order valence-electron chi connectivity index (χ0n) is 11.3. The molecule has 1 aromatic carbocycles. The summed E-state index contributed by atoms with van der Waals surface area (Å²) in [5.74, 6) is -1.44. The number of hydrogen-bond donors (Lipinski definition) is 1. The molecule has 108 valence electrons. The number of nitrogens with zero attached hydrogens (tertiary/aromatic N) is 1. The van der Waals surface area contributed by atoms with Gasteiger partial charge in [-0.15, -0.1) is 0 Å². The Morgan fingerprint density at radius 1 is 1.24 bits per heavy atom. The lowest BCUT2D eigenvalue weighted by atomic mass is 10.0. The Labute approximate surface area is 122 Å². The first-order valence-electron chi connectivity index (χ1n) is 6.39. The molecule has 5 heteroatoms. The Balaban J connectivity index is 2.35. The van der Waals surface area contributed by atoms with Crippen molar-refractivity contribution in [3.8, 4) is 0 Å². The third-order valence-electron chi connectivity index (χ3n) is 3.02. The third-order valence-corrected chi connectivity index (χ3v) is 3.02. The fourth-order valence-electron chi connectivity index (χ4n) is 2.05. The van der Waals surface area contributed by atoms with Gasteiger partial charge in [-0.05, 0) is 17.7 Å². The molecule has 21 heavy (non-hydrogen) atoms. The Morgan fingerprint density at radius 2 is 1.95 bits per heavy atom. The molecule has 1 N–H and O–H groups in total. The number of anilines is 1. The predicted octanol–water partition coefficient (Wildman–Crippen LogP) is 2.49. The van der Waals surface area contributed by atoms with Crippen molar-refractivity contribution in [3.05, 3.63) is 66.9 Å². The molecule has 1 aromatic heterocycles. The van der Waals surface area contributed by atoms with Crippen molar-refractivity contribution in [3.63, 3.8) is 0 Å². The van der Waals surface area contributed by atoms with E-state index in [1.54, 1.807) is 12.1 Å². The monoisotopic (exact) mass is 285 g/mol. The summed E-state index contributed by atoms with van der Waals surface area (Å²) < 4.78 is 5.18. The molecule has 0 fully saturated rings. The van der Waals surface area contributed by atoms with Gasteiger partial charge in [0.05, 0.1) is 6.26 Å². The van der Waals surface area contributed by atoms with E-state index in [9.17, 15) is 14.7 Å². The van der Waals surface area contributed by atoms with Crippen molar-refractivity contribution in [2.24, 2.45) is 0 Å². The maximum atomic E-state index is 12.0. The third kappa shape index (κ3) is 3.39. The van der Waals surface area contributed by atoms with Crippen LogP contribution >= 0.6 is 0 Å². The van der Waals surface area contributed by atoms with Crippen LogP contribution in [0.25, 0.3) is 0 Å². The number of carbonyl (C=O) groups excluding carboxylic acids is 1. The smallest absolute Gasteiger partial charge is 0.327 e. The minimum Gasteiger partial charge on any atom is -0.480 e. The Hall–Kier alpha value is -2.82. The van der Waals surface area contributed by atoms with Gasteiger partial charge in [-0.1, -0.05) is 36.9 Å². The lowest BCUT2D eigenvalue weighted by molar-refractivity contribution is -0.139. The van der Waals surface area contributed by atoms with Crippen LogP contribution in [0.3, 0.4) is 0 Å². The first-order chi connectivity index (χ1) is 10.1. The summed E-state index contributed by atoms with van der Waals surface area (Å²) in [5.41, 5.74) is 0.818. The number of carboxylic acids is 1. The van der Waals surface area contributed by atoms with E-state index in [0.29, 0.717) is 0 Å². The fourth-order valence-corrected chi connectivity index (χ4v) is 2.05. The van der Waals surface area contributed by atoms with Crippen molar-refractivity contribution in [2.75, 3.05) is 4.90 Å². The summed E-state index contributed by atoms with van der Waals surface area (Å²) in [6.07, 6.45) is 2.64. The van der Waals surface area contributed by atoms with Crippen LogP contribution in [-0.2, 0) is 16.0 Å². The first-order valence-corrected chi connectivity index (χ1v) is 6.39. The Kier molecular flexibility index (Phi) is 4.56. The number of benzene rings is 1. The van der Waals surface area contributed by atoms with Gasteiger partial charge >= 0.3 is 5.97 Å². The second kappa shape index (κ2) is 6.56. The standard InChI is InChI=1S/C16H15NO4/c1-2-14(18)17(15-9-6-10-21-15)13(16(19)20)11-12-7-4-3-5-8-12/h2-10,13H,1,11H2,(H,19,20). The summed E-state index contributed by atoms with van der Waals surface area (Å²) in [6, 6.07) is 11.2. The van der Waals surface area contributed by atoms with Crippen LogP contribution < -0.4 is 4.90 Å². The van der Waals surface area contributed by atoms with Crippen LogP contribution in [0.15, 0.2) is 65.8 Å². The molecule has 0 aliphatic heterocycles. The largest absolute Gasteiger partial charge is 0.480 e. The van der Waals surface area contributed by atoms with E-state index in [1.165, 1.54) is 6.26 Å². The van der Waals surface area contributed by atoms with E-state index in [4.69, 9.17) is 4.42 Å². The van der Waals surface area contributed by atoms with E-state index in [1.807, 2.05) is 30.3 Å². The second-order valence-corrected chi connectivity index (χ2v) is 4.41. The normalized spacial score (nSPS) is 11.6. The number of hydrogen-bond acceptors (Lipinski definition) is 3. The maximum Gasteiger partial charge on any atom is 0.327 e. The minimum absolute atomic E-state index is 0.177. The molecule has 1 amide bonds. The van der Waals surface area contributed by atoms with Crippen LogP contribution in [-0.4, -0.2) is 23.0 Å². The number of amides is 1. The van der Waals surface area contributed by atoms with E-state index >= 15 is 0 Å². The highest BCUT2D eigenvalue weighted by Gasteiger charge is 2.31. The molecule has 0 spiro atoms. The van der Waals surface area contributed by atoms with Crippen molar-refractivity contribution in [1.82, 2.24) is 0 Å². The molecule has 0 saturated heterocycles. The van der Waals surface area contributed by atoms with Crippen molar-refractivity contribution < 1.29 is 19.1 Å². The average Bonchev–Trinajstić information content (AvgIpc) is 3.01. The summed E-state index contributed by atoms with van der Waals surface area (Å²) in [5, 5.41) is 9.48. The zero-order valence-corrected chi connectivity index (χ0v) is 11.3. The van der Waals surface area contributed by atoms with Crippen LogP contribution in [0.1, 0.15) is 5.56 Å². The fraction of sp³-hybridized carbons (Fsp3) is 0.125. The lowest BCUT2D eigenvalue weighted by Crippen LogP contribution is -2.46. The van der Waals surface area contributed by atoms with Crippen LogP contribution in [0.2, 0.25) is 0 Å². The number of rotatable bonds is 6. The second-order valence-electron chi connectivity index (χ2n) is 4.41. The molecule has 2 aromatic rings. The van der Waals surface area contributed by atoms with Gasteiger partial charge in [0.15, 0.2) is 0 Å². The molecule has 0 saturated carbocycles. The summed E-state index contributed by atoms with van der Waals surface area (Å²) in [6.45, 7) is 3.41. The molecule has 1 unspecified atom stereocenters. The van der Waals surface area contributed by atoms with Gasteiger partial charge in [0.1, 0.15) is 6.04 Å². The van der Waals surface area contributed by atoms with Crippen LogP contribution in [0.5, 0.6) is 0 Å². The van der Waals surface area contributed by atoms with Crippen molar-refractivity contribution >= 4 is 17.8 Å². The van der Waals surface area contributed by atoms with E-state index < -0.39 is 17.9 Å². The molecular weight excluding hydrogens is 270 g/mol. The van der Waals surface area contributed by atoms with Gasteiger partial charge in [-0.2, -0.15) is 0 Å². The van der Waals surface area contributed by atoms with E-state index in [-0.39, 0.29) is 12.3 Å². The lowest BCUT2D eigenvalue weighted by Gasteiger charge is -2.25. The van der Waals surface area contributed by atoms with Gasteiger partial charge in [-0.25, -0.2) is 4.79 Å². The molecule has 1 heterocycles. The number of carbonyl (C=O) groups is 2. The van der Waals surface area contributed by atoms with E-state index in [2.05, 4.69) is 6.58 Å². The number of aliphatic carboxylic acids is 1. The minimum atomic E-state index is -1.11. The highest BCUT2D eigenvalue weighted by Crippen LogP contribution is 2.21. The van der Waals surface area contributed by atoms with Gasteiger partial charge in [0.25, 0.3) is 5.91 Å². The Morgan fingerprint density at radius 3 is 2.48 bits per heavy atom. The first kappa shape index (κ1) is 14.6. The molecule has 2 rings (SSSR count). The number of carboxylic acid groups (broad SMARTS) is 1. The average molecular weight is 285 g/mol. The van der Waals surface area contributed by atoms with Crippen LogP contribution in [0.4, 0.5) is 5.88 Å². The molecule has 1 atom stereocenters. The van der Waals surface area contributed by atoms with Crippen molar-refractivity contribution in [2.45, 2.75) is 12.5 Å². The predicted molar refractivity (Wildman–Crippen MR) is 78.0 cm³/mol. The Bertz CT molecular complexity index is 619. The summed E-state index contributed by atoms with van der Waals surface area (Å²) >= 11 is 0.